The number of halogens is 2. The van der Waals surface area contributed by atoms with Gasteiger partial charge in [0.05, 0.1) is 15.7 Å². The first-order valence-electron chi connectivity index (χ1n) is 6.92. The largest absolute Gasteiger partial charge is 0.482 e. The van der Waals surface area contributed by atoms with Crippen LogP contribution >= 0.6 is 27.5 Å². The first-order chi connectivity index (χ1) is 11.6. The van der Waals surface area contributed by atoms with Gasteiger partial charge in [-0.05, 0) is 45.8 Å². The Morgan fingerprint density at radius 2 is 2.21 bits per heavy atom. The van der Waals surface area contributed by atoms with Crippen molar-refractivity contribution in [1.29, 1.82) is 0 Å². The smallest absolute Gasteiger partial charge is 0.277 e. The van der Waals surface area contributed by atoms with Gasteiger partial charge in [0.15, 0.2) is 18.1 Å². The van der Waals surface area contributed by atoms with Gasteiger partial charge >= 0.3 is 0 Å². The normalized spacial score (nSPS) is 12.4. The molecule has 0 fully saturated rings. The van der Waals surface area contributed by atoms with Gasteiger partial charge in [0.25, 0.3) is 5.91 Å². The molecule has 1 amide bonds. The Labute approximate surface area is 151 Å². The fourth-order valence-electron chi connectivity index (χ4n) is 1.98. The molecule has 0 spiro atoms. The summed E-state index contributed by atoms with van der Waals surface area (Å²) in [5.41, 5.74) is 3.13. The predicted molar refractivity (Wildman–Crippen MR) is 92.9 cm³/mol. The number of carbonyl (C=O) groups is 1. The van der Waals surface area contributed by atoms with E-state index < -0.39 is 5.91 Å². The van der Waals surface area contributed by atoms with Gasteiger partial charge in [-0.1, -0.05) is 23.7 Å². The predicted octanol–water partition coefficient (Wildman–Crippen LogP) is 3.36. The Bertz CT molecular complexity index is 798. The van der Waals surface area contributed by atoms with Crippen LogP contribution in [-0.2, 0) is 4.79 Å². The summed E-state index contributed by atoms with van der Waals surface area (Å²) >= 11 is 9.33. The zero-order chi connectivity index (χ0) is 16.9. The van der Waals surface area contributed by atoms with Crippen LogP contribution in [0.3, 0.4) is 0 Å². The number of hydrogen-bond donors (Lipinski definition) is 1. The summed E-state index contributed by atoms with van der Waals surface area (Å²) in [6.45, 7) is -0.00342. The molecule has 1 N–H and O–H groups in total. The van der Waals surface area contributed by atoms with E-state index in [1.54, 1.807) is 30.3 Å². The van der Waals surface area contributed by atoms with E-state index in [0.29, 0.717) is 22.3 Å². The Kier molecular flexibility index (Phi) is 5.22. The number of fused-ring (bicyclic) bond motifs is 1. The van der Waals surface area contributed by atoms with E-state index in [2.05, 4.69) is 26.5 Å². The van der Waals surface area contributed by atoms with Crippen molar-refractivity contribution in [3.05, 3.63) is 51.5 Å². The minimum absolute atomic E-state index is 0.185. The van der Waals surface area contributed by atoms with Gasteiger partial charge in [0.1, 0.15) is 5.75 Å². The Morgan fingerprint density at radius 3 is 3.04 bits per heavy atom. The maximum atomic E-state index is 11.7. The van der Waals surface area contributed by atoms with Crippen LogP contribution in [0.4, 0.5) is 0 Å². The first-order valence-corrected chi connectivity index (χ1v) is 8.09. The lowest BCUT2D eigenvalue weighted by molar-refractivity contribution is -0.123. The lowest BCUT2D eigenvalue weighted by atomic mass is 10.2. The molecule has 1 heterocycles. The minimum Gasteiger partial charge on any atom is -0.482 e. The van der Waals surface area contributed by atoms with E-state index in [4.69, 9.17) is 25.8 Å². The molecule has 8 heteroatoms. The third-order valence-electron chi connectivity index (χ3n) is 3.05. The number of para-hydroxylation sites is 1. The molecular formula is C16H12BrClN2O4. The second kappa shape index (κ2) is 7.55. The van der Waals surface area contributed by atoms with E-state index in [-0.39, 0.29) is 13.4 Å². The number of benzene rings is 2. The SMILES string of the molecule is O=C(COc1ccccc1Cl)N/N=C\c1cc(Br)c2c(c1)OCO2. The molecule has 1 aliphatic heterocycles. The van der Waals surface area contributed by atoms with Gasteiger partial charge in [0.2, 0.25) is 6.79 Å². The molecule has 0 bridgehead atoms. The molecule has 0 radical (unpaired) electrons. The third-order valence-corrected chi connectivity index (χ3v) is 3.95. The van der Waals surface area contributed by atoms with E-state index in [1.165, 1.54) is 6.21 Å². The molecule has 124 valence electrons. The maximum Gasteiger partial charge on any atom is 0.277 e. The molecule has 0 saturated carbocycles. The number of ether oxygens (including phenoxy) is 3. The van der Waals surface area contributed by atoms with Gasteiger partial charge in [-0.3, -0.25) is 4.79 Å². The maximum absolute atomic E-state index is 11.7. The van der Waals surface area contributed by atoms with Gasteiger partial charge in [-0.2, -0.15) is 5.10 Å². The molecule has 3 rings (SSSR count). The highest BCUT2D eigenvalue weighted by atomic mass is 79.9. The van der Waals surface area contributed by atoms with Crippen LogP contribution in [0.25, 0.3) is 0 Å². The van der Waals surface area contributed by atoms with Crippen molar-refractivity contribution in [3.8, 4) is 17.2 Å². The number of nitrogens with zero attached hydrogens (tertiary/aromatic N) is 1. The lowest BCUT2D eigenvalue weighted by Gasteiger charge is -2.06. The van der Waals surface area contributed by atoms with Crippen LogP contribution in [0.1, 0.15) is 5.56 Å². The standard InChI is InChI=1S/C16H12BrClN2O4/c17-11-5-10(6-14-16(11)24-9-23-14)7-19-20-15(21)8-22-13-4-2-1-3-12(13)18/h1-7H,8-9H2,(H,20,21)/b19-7-. The highest BCUT2D eigenvalue weighted by Crippen LogP contribution is 2.39. The van der Waals surface area contributed by atoms with Gasteiger partial charge in [-0.15, -0.1) is 0 Å². The van der Waals surface area contributed by atoms with Crippen LogP contribution in [0, 0.1) is 0 Å². The summed E-state index contributed by atoms with van der Waals surface area (Å²) in [7, 11) is 0. The second-order valence-corrected chi connectivity index (χ2v) is 6.01. The molecule has 0 aromatic heterocycles. The minimum atomic E-state index is -0.397. The van der Waals surface area contributed by atoms with E-state index in [1.807, 2.05) is 6.07 Å². The summed E-state index contributed by atoms with van der Waals surface area (Å²) in [5, 5.41) is 4.33. The molecule has 24 heavy (non-hydrogen) atoms. The van der Waals surface area contributed by atoms with Crippen LogP contribution in [0.2, 0.25) is 5.02 Å². The molecule has 6 nitrogen and oxygen atoms in total. The highest BCUT2D eigenvalue weighted by molar-refractivity contribution is 9.10. The van der Waals surface area contributed by atoms with E-state index in [9.17, 15) is 4.79 Å². The zero-order valence-electron chi connectivity index (χ0n) is 12.3. The number of carbonyl (C=O) groups excluding carboxylic acids is 1. The molecule has 0 aliphatic carbocycles. The summed E-state index contributed by atoms with van der Waals surface area (Å²) in [5.74, 6) is 1.33. The number of amides is 1. The van der Waals surface area contributed by atoms with Gasteiger partial charge < -0.3 is 14.2 Å². The quantitative estimate of drug-likeness (QED) is 0.605. The summed E-state index contributed by atoms with van der Waals surface area (Å²) < 4.78 is 16.7. The topological polar surface area (TPSA) is 69.2 Å². The molecule has 1 aliphatic rings. The van der Waals surface area contributed by atoms with Crippen molar-refractivity contribution in [2.45, 2.75) is 0 Å². The monoisotopic (exact) mass is 410 g/mol. The van der Waals surface area contributed by atoms with Crippen LogP contribution in [0.15, 0.2) is 46.0 Å². The zero-order valence-corrected chi connectivity index (χ0v) is 14.6. The Morgan fingerprint density at radius 1 is 1.38 bits per heavy atom. The second-order valence-electron chi connectivity index (χ2n) is 4.75. The molecule has 2 aromatic carbocycles. The molecule has 0 atom stereocenters. The average Bonchev–Trinajstić information content (AvgIpc) is 3.03. The molecular weight excluding hydrogens is 400 g/mol. The van der Waals surface area contributed by atoms with Crippen LogP contribution < -0.4 is 19.6 Å². The van der Waals surface area contributed by atoms with Crippen molar-refractivity contribution in [2.24, 2.45) is 5.10 Å². The van der Waals surface area contributed by atoms with Crippen molar-refractivity contribution in [2.75, 3.05) is 13.4 Å². The fourth-order valence-corrected chi connectivity index (χ4v) is 2.74. The highest BCUT2D eigenvalue weighted by Gasteiger charge is 2.17. The third kappa shape index (κ3) is 3.98. The van der Waals surface area contributed by atoms with Crippen LogP contribution in [0.5, 0.6) is 17.2 Å². The Hall–Kier alpha value is -2.25. The number of nitrogens with one attached hydrogen (secondary N) is 1. The van der Waals surface area contributed by atoms with Gasteiger partial charge in [0, 0.05) is 0 Å². The fraction of sp³-hybridized carbons (Fsp3) is 0.125. The van der Waals surface area contributed by atoms with Crippen molar-refractivity contribution in [3.63, 3.8) is 0 Å². The van der Waals surface area contributed by atoms with Crippen molar-refractivity contribution < 1.29 is 19.0 Å². The number of hydrazone groups is 1. The van der Waals surface area contributed by atoms with Crippen molar-refractivity contribution >= 4 is 39.7 Å². The first kappa shape index (κ1) is 16.6. The summed E-state index contributed by atoms with van der Waals surface area (Å²) in [4.78, 5) is 11.7. The molecule has 2 aromatic rings. The average molecular weight is 412 g/mol. The number of rotatable bonds is 5. The summed E-state index contributed by atoms with van der Waals surface area (Å²) in [6.07, 6.45) is 1.50. The number of hydrogen-bond acceptors (Lipinski definition) is 5. The Balaban J connectivity index is 1.54. The van der Waals surface area contributed by atoms with E-state index >= 15 is 0 Å². The van der Waals surface area contributed by atoms with E-state index in [0.717, 1.165) is 10.0 Å². The van der Waals surface area contributed by atoms with Gasteiger partial charge in [-0.25, -0.2) is 5.43 Å². The summed E-state index contributed by atoms with van der Waals surface area (Å²) in [6, 6.07) is 10.5. The molecule has 0 unspecified atom stereocenters. The lowest BCUT2D eigenvalue weighted by Crippen LogP contribution is -2.24. The van der Waals surface area contributed by atoms with Crippen molar-refractivity contribution in [1.82, 2.24) is 5.43 Å². The van der Waals surface area contributed by atoms with Crippen LogP contribution in [-0.4, -0.2) is 25.5 Å². The molecule has 0 saturated heterocycles.